The van der Waals surface area contributed by atoms with Gasteiger partial charge in [0.25, 0.3) is 0 Å². The number of fused-ring (bicyclic) bond motifs is 12. The number of rotatable bonds is 6. The molecule has 0 N–H and O–H groups in total. The Hall–Kier alpha value is -8.98. The number of hydrogen-bond donors (Lipinski definition) is 0. The average Bonchev–Trinajstić information content (AvgIpc) is 1.55. The molecule has 90 heavy (non-hydrogen) atoms. The molecule has 13 aromatic rings. The molecule has 2 heteroatoms. The van der Waals surface area contributed by atoms with Gasteiger partial charge in [-0.3, -0.25) is 0 Å². The zero-order valence-corrected chi connectivity index (χ0v) is 55.7. The van der Waals surface area contributed by atoms with Crippen molar-refractivity contribution in [3.63, 3.8) is 0 Å². The van der Waals surface area contributed by atoms with Crippen LogP contribution in [0, 0.1) is 0 Å². The zero-order chi connectivity index (χ0) is 62.9. The third-order valence-electron chi connectivity index (χ3n) is 20.8. The predicted molar refractivity (Wildman–Crippen MR) is 387 cm³/mol. The maximum Gasteiger partial charge on any atom is 0.0541 e. The topological polar surface area (TPSA) is 9.86 Å². The van der Waals surface area contributed by atoms with Crippen molar-refractivity contribution in [2.75, 3.05) is 0 Å². The lowest BCUT2D eigenvalue weighted by molar-refractivity contribution is 0.590. The van der Waals surface area contributed by atoms with Gasteiger partial charge in [-0.15, -0.1) is 0 Å². The highest BCUT2D eigenvalue weighted by Crippen LogP contribution is 2.54. The van der Waals surface area contributed by atoms with Crippen molar-refractivity contribution in [2.24, 2.45) is 0 Å². The van der Waals surface area contributed by atoms with Gasteiger partial charge in [0.1, 0.15) is 0 Å². The van der Waals surface area contributed by atoms with Crippen LogP contribution < -0.4 is 0 Å². The molecule has 0 unspecified atom stereocenters. The van der Waals surface area contributed by atoms with E-state index in [1.165, 1.54) is 155 Å². The second kappa shape index (κ2) is 19.8. The summed E-state index contributed by atoms with van der Waals surface area (Å²) in [6.45, 7) is 37.4. The molecule has 0 aliphatic heterocycles. The molecule has 2 heterocycles. The van der Waals surface area contributed by atoms with Crippen molar-refractivity contribution < 1.29 is 0 Å². The number of hydrogen-bond acceptors (Lipinski definition) is 0. The summed E-state index contributed by atoms with van der Waals surface area (Å²) in [4.78, 5) is 0. The van der Waals surface area contributed by atoms with E-state index in [-0.39, 0.29) is 32.5 Å². The molecule has 446 valence electrons. The predicted octanol–water partition coefficient (Wildman–Crippen LogP) is 24.4. The van der Waals surface area contributed by atoms with E-state index in [0.29, 0.717) is 0 Å². The number of aromatic nitrogens is 2. The summed E-state index contributed by atoms with van der Waals surface area (Å²) >= 11 is 0. The van der Waals surface area contributed by atoms with E-state index in [1.54, 1.807) is 0 Å². The first kappa shape index (κ1) is 57.5. The van der Waals surface area contributed by atoms with E-state index >= 15 is 0 Å². The van der Waals surface area contributed by atoms with Gasteiger partial charge in [0, 0.05) is 43.7 Å². The largest absolute Gasteiger partial charge is 0.309 e. The molecule has 2 nitrogen and oxygen atoms in total. The second-order valence-corrected chi connectivity index (χ2v) is 31.5. The van der Waals surface area contributed by atoms with E-state index in [0.717, 1.165) is 11.4 Å². The highest BCUT2D eigenvalue weighted by molar-refractivity contribution is 6.11. The van der Waals surface area contributed by atoms with Gasteiger partial charge in [-0.1, -0.05) is 232 Å². The number of nitrogens with zero attached hydrogens (tertiary/aromatic N) is 2. The van der Waals surface area contributed by atoms with E-state index in [1.807, 2.05) is 0 Å². The smallest absolute Gasteiger partial charge is 0.0541 e. The lowest BCUT2D eigenvalue weighted by atomic mass is 9.79. The van der Waals surface area contributed by atoms with Crippen LogP contribution in [0.5, 0.6) is 0 Å². The molecule has 0 saturated carbocycles. The molecule has 0 fully saturated rings. The zero-order valence-electron chi connectivity index (χ0n) is 55.7. The van der Waals surface area contributed by atoms with Crippen LogP contribution in [0.2, 0.25) is 0 Å². The Morgan fingerprint density at radius 3 is 0.800 bits per heavy atom. The summed E-state index contributed by atoms with van der Waals surface area (Å²) in [6.07, 6.45) is 0. The van der Waals surface area contributed by atoms with Gasteiger partial charge in [-0.2, -0.15) is 0 Å². The molecule has 2 aromatic heterocycles. The van der Waals surface area contributed by atoms with Gasteiger partial charge >= 0.3 is 0 Å². The fraction of sp³-hybridized carbons (Fsp3) is 0.250. The third-order valence-corrected chi connectivity index (χ3v) is 20.8. The van der Waals surface area contributed by atoms with Crippen molar-refractivity contribution in [3.8, 4) is 78.1 Å². The molecule has 0 atom stereocenters. The maximum atomic E-state index is 2.53. The quantitative estimate of drug-likeness (QED) is 0.157. The van der Waals surface area contributed by atoms with Gasteiger partial charge in [0.2, 0.25) is 0 Å². The fourth-order valence-corrected chi connectivity index (χ4v) is 15.3. The van der Waals surface area contributed by atoms with Crippen molar-refractivity contribution in [1.82, 2.24) is 9.13 Å². The number of benzene rings is 11. The van der Waals surface area contributed by atoms with Crippen molar-refractivity contribution in [2.45, 2.75) is 143 Å². The molecular weight excluding hydrogens is 1080 g/mol. The van der Waals surface area contributed by atoms with Crippen molar-refractivity contribution >= 4 is 43.6 Å². The molecule has 0 spiro atoms. The van der Waals surface area contributed by atoms with Crippen LogP contribution >= 0.6 is 0 Å². The minimum atomic E-state index is -0.170. The third kappa shape index (κ3) is 9.01. The Bertz CT molecular complexity index is 4650. The van der Waals surface area contributed by atoms with Gasteiger partial charge in [-0.25, -0.2) is 0 Å². The Balaban J connectivity index is 0.955. The van der Waals surface area contributed by atoms with Crippen LogP contribution in [-0.2, 0) is 32.5 Å². The summed E-state index contributed by atoms with van der Waals surface area (Å²) in [5.74, 6) is 0. The molecule has 11 aromatic carbocycles. The summed E-state index contributed by atoms with van der Waals surface area (Å²) in [5, 5.41) is 5.18. The van der Waals surface area contributed by atoms with E-state index in [9.17, 15) is 0 Å². The van der Waals surface area contributed by atoms with Crippen LogP contribution in [-0.4, -0.2) is 9.13 Å². The molecule has 0 radical (unpaired) electrons. The lowest BCUT2D eigenvalue weighted by Crippen LogP contribution is -2.15. The van der Waals surface area contributed by atoms with Crippen LogP contribution in [0.4, 0.5) is 0 Å². The maximum absolute atomic E-state index is 2.53. The Morgan fingerprint density at radius 2 is 0.500 bits per heavy atom. The van der Waals surface area contributed by atoms with Crippen LogP contribution in [0.1, 0.15) is 155 Å². The molecular formula is C88H84N2. The van der Waals surface area contributed by atoms with Crippen LogP contribution in [0.25, 0.3) is 122 Å². The minimum Gasteiger partial charge on any atom is -0.309 e. The molecule has 2 aliphatic carbocycles. The van der Waals surface area contributed by atoms with Gasteiger partial charge in [0.05, 0.1) is 22.1 Å². The molecule has 0 bridgehead atoms. The Morgan fingerprint density at radius 1 is 0.233 bits per heavy atom. The lowest BCUT2D eigenvalue weighted by Gasteiger charge is -2.24. The van der Waals surface area contributed by atoms with Crippen molar-refractivity contribution in [3.05, 3.63) is 263 Å². The Labute approximate surface area is 533 Å². The molecule has 15 rings (SSSR count). The van der Waals surface area contributed by atoms with E-state index in [2.05, 4.69) is 338 Å². The van der Waals surface area contributed by atoms with Crippen LogP contribution in [0.3, 0.4) is 0 Å². The van der Waals surface area contributed by atoms with E-state index in [4.69, 9.17) is 0 Å². The first-order chi connectivity index (χ1) is 42.6. The fourth-order valence-electron chi connectivity index (χ4n) is 15.3. The van der Waals surface area contributed by atoms with Gasteiger partial charge < -0.3 is 9.13 Å². The minimum absolute atomic E-state index is 0.0164. The van der Waals surface area contributed by atoms with Crippen molar-refractivity contribution in [1.29, 1.82) is 0 Å². The molecule has 0 saturated heterocycles. The summed E-state index contributed by atoms with van der Waals surface area (Å²) < 4.78 is 4.98. The monoisotopic (exact) mass is 1170 g/mol. The van der Waals surface area contributed by atoms with Gasteiger partial charge in [-0.05, 0) is 230 Å². The summed E-state index contributed by atoms with van der Waals surface area (Å²) in [7, 11) is 0. The highest BCUT2D eigenvalue weighted by atomic mass is 15.0. The first-order valence-corrected chi connectivity index (χ1v) is 32.7. The summed E-state index contributed by atoms with van der Waals surface area (Å²) in [5.41, 5.74) is 32.7. The Kier molecular flexibility index (Phi) is 12.6. The summed E-state index contributed by atoms with van der Waals surface area (Å²) in [6, 6.07) is 85.2. The average molecular weight is 1170 g/mol. The SMILES string of the molecule is CC(C)(C)c1ccc2c(c1)c1cc(C(C)(C)C)ccc1n2-c1ccc(-c2cc(-c3ccc4c(c3)C(C)(C)c3ccccc3-4)c(-c3ccc(-n4c5ccc(C(C)(C)C)cc5c5cc(C(C)(C)C)ccc54)cc3)cc2-c2ccc3c(c2)C(C)(C)c2ccccc2-3)cc1. The molecule has 0 amide bonds. The van der Waals surface area contributed by atoms with E-state index < -0.39 is 0 Å². The molecule has 2 aliphatic rings. The van der Waals surface area contributed by atoms with Crippen LogP contribution in [0.15, 0.2) is 218 Å². The first-order valence-electron chi connectivity index (χ1n) is 32.7. The van der Waals surface area contributed by atoms with Gasteiger partial charge in [0.15, 0.2) is 0 Å². The normalized spacial score (nSPS) is 14.4. The standard InChI is InChI=1S/C88H84N2/c1-83(2,3)57-31-41-79-71(47-57)72-48-58(84(4,5)6)32-42-80(72)89(79)61-35-25-53(26-36-61)67-51-70(56-30-40-66-64-22-18-20-24-76(64)88(15,16)78(66)46-56)68(52-69(67)55-29-39-65-63-21-17-19-23-75(63)87(13,14)77(65)45-55)54-27-37-62(38-28-54)90-81-43-33-59(85(7,8)9)49-73(81)74-50-60(86(10,11)12)34-44-82(74)90/h17-52H,1-16H3. The second-order valence-electron chi connectivity index (χ2n) is 31.5. The highest BCUT2D eigenvalue weighted by Gasteiger charge is 2.37.